The third-order valence-corrected chi connectivity index (χ3v) is 9.43. The molecule has 4 aliphatic carbocycles. The van der Waals surface area contributed by atoms with Gasteiger partial charge in [0.1, 0.15) is 11.6 Å². The fourth-order valence-corrected chi connectivity index (χ4v) is 7.72. The molecule has 4 bridgehead atoms. The van der Waals surface area contributed by atoms with Gasteiger partial charge in [-0.2, -0.15) is 0 Å². The van der Waals surface area contributed by atoms with Crippen LogP contribution in [0.1, 0.15) is 50.2 Å². The van der Waals surface area contributed by atoms with Crippen LogP contribution in [0, 0.1) is 23.7 Å². The first-order valence-corrected chi connectivity index (χ1v) is 14.7. The highest BCUT2D eigenvalue weighted by Crippen LogP contribution is 2.54. The summed E-state index contributed by atoms with van der Waals surface area (Å²) in [6, 6.07) is 18.9. The molecule has 2 unspecified atom stereocenters. The van der Waals surface area contributed by atoms with E-state index in [0.29, 0.717) is 18.3 Å². The SMILES string of the molecule is CC(Cc1ccnc2ccccc12)(NC(=O)OC1C2CC3CC(C2)CC1C3)C(=O)NC(CO)Cc1ccccc1. The molecule has 4 fully saturated rings. The second kappa shape index (κ2) is 11.2. The molecular formula is C33H39N3O4. The predicted molar refractivity (Wildman–Crippen MR) is 153 cm³/mol. The van der Waals surface area contributed by atoms with Crippen molar-refractivity contribution in [3.05, 3.63) is 78.0 Å². The van der Waals surface area contributed by atoms with Gasteiger partial charge in [-0.1, -0.05) is 48.5 Å². The maximum Gasteiger partial charge on any atom is 0.408 e. The number of nitrogens with one attached hydrogen (secondary N) is 2. The number of nitrogens with zero attached hydrogens (tertiary/aromatic N) is 1. The summed E-state index contributed by atoms with van der Waals surface area (Å²) < 4.78 is 6.13. The average molecular weight is 542 g/mol. The molecule has 7 heteroatoms. The van der Waals surface area contributed by atoms with Crippen LogP contribution in [0.3, 0.4) is 0 Å². The van der Waals surface area contributed by atoms with Crippen molar-refractivity contribution >= 4 is 22.9 Å². The molecule has 4 aliphatic rings. The van der Waals surface area contributed by atoms with Gasteiger partial charge < -0.3 is 20.5 Å². The fourth-order valence-electron chi connectivity index (χ4n) is 7.72. The van der Waals surface area contributed by atoms with Gasteiger partial charge in [0.15, 0.2) is 0 Å². The number of pyridine rings is 1. The van der Waals surface area contributed by atoms with Crippen molar-refractivity contribution in [1.82, 2.24) is 15.6 Å². The Labute approximate surface area is 235 Å². The highest BCUT2D eigenvalue weighted by molar-refractivity contribution is 5.91. The van der Waals surface area contributed by atoms with Crippen LogP contribution >= 0.6 is 0 Å². The van der Waals surface area contributed by atoms with Crippen LogP contribution in [0.15, 0.2) is 66.9 Å². The molecule has 210 valence electrons. The Morgan fingerprint density at radius 1 is 0.975 bits per heavy atom. The molecule has 3 N–H and O–H groups in total. The Kier molecular flexibility index (Phi) is 7.49. The van der Waals surface area contributed by atoms with E-state index in [1.54, 1.807) is 13.1 Å². The lowest BCUT2D eigenvalue weighted by molar-refractivity contribution is -0.128. The first kappa shape index (κ1) is 26.8. The van der Waals surface area contributed by atoms with E-state index in [4.69, 9.17) is 4.74 Å². The maximum atomic E-state index is 13.9. The molecule has 2 atom stereocenters. The molecule has 2 aromatic carbocycles. The Balaban J connectivity index is 1.22. The van der Waals surface area contributed by atoms with Gasteiger partial charge in [-0.25, -0.2) is 4.79 Å². The molecule has 2 amide bonds. The molecule has 0 aliphatic heterocycles. The van der Waals surface area contributed by atoms with Gasteiger partial charge >= 0.3 is 6.09 Å². The Morgan fingerprint density at radius 2 is 1.65 bits per heavy atom. The van der Waals surface area contributed by atoms with E-state index in [1.165, 1.54) is 6.42 Å². The van der Waals surface area contributed by atoms with E-state index >= 15 is 0 Å². The van der Waals surface area contributed by atoms with Gasteiger partial charge in [0, 0.05) is 18.0 Å². The molecule has 40 heavy (non-hydrogen) atoms. The van der Waals surface area contributed by atoms with Gasteiger partial charge in [0.25, 0.3) is 0 Å². The lowest BCUT2D eigenvalue weighted by Gasteiger charge is -2.53. The summed E-state index contributed by atoms with van der Waals surface area (Å²) in [5.74, 6) is 2.06. The third-order valence-electron chi connectivity index (χ3n) is 9.43. The lowest BCUT2D eigenvalue weighted by Crippen LogP contribution is -2.61. The summed E-state index contributed by atoms with van der Waals surface area (Å²) in [4.78, 5) is 31.9. The number of alkyl carbamates (subject to hydrolysis) is 1. The fraction of sp³-hybridized carbons (Fsp3) is 0.485. The number of aliphatic hydroxyl groups excluding tert-OH is 1. The third kappa shape index (κ3) is 5.57. The number of aromatic nitrogens is 1. The van der Waals surface area contributed by atoms with Crippen LogP contribution in [0.25, 0.3) is 10.9 Å². The smallest absolute Gasteiger partial charge is 0.408 e. The Morgan fingerprint density at radius 3 is 2.35 bits per heavy atom. The number of ether oxygens (including phenoxy) is 1. The first-order chi connectivity index (χ1) is 19.4. The number of carbonyl (C=O) groups excluding carboxylic acids is 2. The zero-order chi connectivity index (χ0) is 27.7. The van der Waals surface area contributed by atoms with Crippen molar-refractivity contribution in [2.75, 3.05) is 6.61 Å². The van der Waals surface area contributed by atoms with Crippen molar-refractivity contribution in [2.45, 2.75) is 69.6 Å². The van der Waals surface area contributed by atoms with E-state index in [2.05, 4.69) is 15.6 Å². The largest absolute Gasteiger partial charge is 0.446 e. The number of hydrogen-bond donors (Lipinski definition) is 3. The summed E-state index contributed by atoms with van der Waals surface area (Å²) in [5.41, 5.74) is 1.44. The van der Waals surface area contributed by atoms with E-state index in [1.807, 2.05) is 60.7 Å². The number of benzene rings is 2. The Hall–Kier alpha value is -3.45. The predicted octanol–water partition coefficient (Wildman–Crippen LogP) is 4.81. The highest BCUT2D eigenvalue weighted by Gasteiger charge is 2.50. The standard InChI is InChI=1S/C33H39N3O4/c1-33(19-24-11-12-34-29-10-6-5-9-28(24)29,31(38)35-27(20-37)18-21-7-3-2-4-8-21)36-32(39)40-30-25-14-22-13-23(16-25)17-26(30)15-22/h2-12,22-23,25-27,30,37H,13-20H2,1H3,(H,35,38)(H,36,39). The zero-order valence-corrected chi connectivity index (χ0v) is 23.1. The Bertz CT molecular complexity index is 1330. The summed E-state index contributed by atoms with van der Waals surface area (Å²) in [6.07, 6.45) is 7.74. The highest BCUT2D eigenvalue weighted by atomic mass is 16.6. The first-order valence-electron chi connectivity index (χ1n) is 14.7. The lowest BCUT2D eigenvalue weighted by atomic mass is 9.55. The van der Waals surface area contributed by atoms with Crippen molar-refractivity contribution in [3.8, 4) is 0 Å². The molecule has 7 nitrogen and oxygen atoms in total. The van der Waals surface area contributed by atoms with Crippen LogP contribution in [0.5, 0.6) is 0 Å². The van der Waals surface area contributed by atoms with Crippen LogP contribution in [0.2, 0.25) is 0 Å². The van der Waals surface area contributed by atoms with Crippen LogP contribution in [-0.4, -0.2) is 46.4 Å². The summed E-state index contributed by atoms with van der Waals surface area (Å²) in [7, 11) is 0. The second-order valence-electron chi connectivity index (χ2n) is 12.5. The molecule has 7 rings (SSSR count). The minimum atomic E-state index is -1.31. The van der Waals surface area contributed by atoms with Crippen molar-refractivity contribution in [3.63, 3.8) is 0 Å². The van der Waals surface area contributed by atoms with Crippen molar-refractivity contribution in [1.29, 1.82) is 0 Å². The minimum Gasteiger partial charge on any atom is -0.446 e. The summed E-state index contributed by atoms with van der Waals surface area (Å²) in [5, 5.41) is 17.0. The molecule has 0 radical (unpaired) electrons. The molecule has 1 aromatic heterocycles. The number of amides is 2. The van der Waals surface area contributed by atoms with E-state index < -0.39 is 17.7 Å². The number of para-hydroxylation sites is 1. The van der Waals surface area contributed by atoms with Crippen molar-refractivity contribution in [2.24, 2.45) is 23.7 Å². The van der Waals surface area contributed by atoms with E-state index in [0.717, 1.165) is 59.5 Å². The maximum absolute atomic E-state index is 13.9. The van der Waals surface area contributed by atoms with Crippen LogP contribution < -0.4 is 10.6 Å². The summed E-state index contributed by atoms with van der Waals surface area (Å²) in [6.45, 7) is 1.53. The van der Waals surface area contributed by atoms with Crippen molar-refractivity contribution < 1.29 is 19.4 Å². The van der Waals surface area contributed by atoms with Crippen LogP contribution in [0.4, 0.5) is 4.79 Å². The summed E-state index contributed by atoms with van der Waals surface area (Å²) >= 11 is 0. The molecular weight excluding hydrogens is 502 g/mol. The topological polar surface area (TPSA) is 101 Å². The molecule has 4 saturated carbocycles. The molecule has 0 saturated heterocycles. The van der Waals surface area contributed by atoms with Gasteiger partial charge in [0.05, 0.1) is 18.2 Å². The minimum absolute atomic E-state index is 0.0786. The van der Waals surface area contributed by atoms with Gasteiger partial charge in [0.2, 0.25) is 5.91 Å². The van der Waals surface area contributed by atoms with E-state index in [-0.39, 0.29) is 25.0 Å². The van der Waals surface area contributed by atoms with Crippen LogP contribution in [-0.2, 0) is 22.4 Å². The number of aliphatic hydroxyl groups is 1. The number of hydrogen-bond acceptors (Lipinski definition) is 5. The van der Waals surface area contributed by atoms with Gasteiger partial charge in [-0.05, 0) is 92.4 Å². The number of fused-ring (bicyclic) bond motifs is 1. The van der Waals surface area contributed by atoms with Gasteiger partial charge in [-0.3, -0.25) is 9.78 Å². The quantitative estimate of drug-likeness (QED) is 0.361. The van der Waals surface area contributed by atoms with E-state index in [9.17, 15) is 14.7 Å². The number of carbonyl (C=O) groups is 2. The molecule has 0 spiro atoms. The molecule has 3 aromatic rings. The normalized spacial score (nSPS) is 27.1. The zero-order valence-electron chi connectivity index (χ0n) is 23.1. The number of rotatable bonds is 9. The average Bonchev–Trinajstić information content (AvgIpc) is 2.95. The second-order valence-corrected chi connectivity index (χ2v) is 12.5. The molecule has 1 heterocycles. The van der Waals surface area contributed by atoms with Gasteiger partial charge in [-0.15, -0.1) is 0 Å². The monoisotopic (exact) mass is 541 g/mol.